The summed E-state index contributed by atoms with van der Waals surface area (Å²) in [7, 11) is 0. The van der Waals surface area contributed by atoms with Crippen molar-refractivity contribution < 1.29 is 9.53 Å². The third kappa shape index (κ3) is 6.90. The smallest absolute Gasteiger partial charge is 0.407 e. The summed E-state index contributed by atoms with van der Waals surface area (Å²) in [6, 6.07) is 0. The van der Waals surface area contributed by atoms with E-state index >= 15 is 0 Å². The predicted molar refractivity (Wildman–Crippen MR) is 44.5 cm³/mol. The highest BCUT2D eigenvalue weighted by Gasteiger charge is 1.97. The summed E-state index contributed by atoms with van der Waals surface area (Å²) in [6.07, 6.45) is 0.451. The van der Waals surface area contributed by atoms with Crippen LogP contribution in [0.25, 0.3) is 0 Å². The molecule has 1 N–H and O–H groups in total. The molecule has 0 unspecified atom stereocenters. The van der Waals surface area contributed by atoms with Crippen molar-refractivity contribution in [1.82, 2.24) is 5.32 Å². The van der Waals surface area contributed by atoms with Crippen molar-refractivity contribution in [1.29, 1.82) is 0 Å². The van der Waals surface area contributed by atoms with Crippen LogP contribution in [0, 0.1) is 0 Å². The second-order valence-corrected chi connectivity index (χ2v) is 2.35. The minimum atomic E-state index is -0.353. The highest BCUT2D eigenvalue weighted by molar-refractivity contribution is 5.66. The fraction of sp³-hybridized carbons (Fsp3) is 0.625. The van der Waals surface area contributed by atoms with Gasteiger partial charge >= 0.3 is 6.09 Å². The van der Waals surface area contributed by atoms with Crippen LogP contribution in [0.4, 0.5) is 4.79 Å². The molecule has 11 heavy (non-hydrogen) atoms. The standard InChI is InChI=1S/C8H15NO2/c1-4-11-8(10)9-6-5-7(2)3/h2,4-6H2,1,3H3,(H,9,10). The quantitative estimate of drug-likeness (QED) is 0.631. The number of ether oxygens (including phenoxy) is 1. The summed E-state index contributed by atoms with van der Waals surface area (Å²) in [5.74, 6) is 0. The van der Waals surface area contributed by atoms with Gasteiger partial charge in [0, 0.05) is 6.54 Å². The molecule has 0 aliphatic rings. The maximum absolute atomic E-state index is 10.7. The Hall–Kier alpha value is -0.990. The van der Waals surface area contributed by atoms with Crippen molar-refractivity contribution in [3.63, 3.8) is 0 Å². The van der Waals surface area contributed by atoms with Crippen LogP contribution in [0.1, 0.15) is 20.3 Å². The molecule has 3 heteroatoms. The number of hydrogen-bond donors (Lipinski definition) is 1. The lowest BCUT2D eigenvalue weighted by molar-refractivity contribution is 0.152. The molecule has 0 rings (SSSR count). The molecule has 0 heterocycles. The normalized spacial score (nSPS) is 8.91. The monoisotopic (exact) mass is 157 g/mol. The summed E-state index contributed by atoms with van der Waals surface area (Å²) in [5, 5.41) is 2.59. The second kappa shape index (κ2) is 5.77. The van der Waals surface area contributed by atoms with Gasteiger partial charge in [0.25, 0.3) is 0 Å². The minimum Gasteiger partial charge on any atom is -0.450 e. The predicted octanol–water partition coefficient (Wildman–Crippen LogP) is 1.70. The lowest BCUT2D eigenvalue weighted by atomic mass is 10.2. The van der Waals surface area contributed by atoms with E-state index in [1.165, 1.54) is 0 Å². The van der Waals surface area contributed by atoms with E-state index in [9.17, 15) is 4.79 Å². The van der Waals surface area contributed by atoms with Gasteiger partial charge in [-0.2, -0.15) is 0 Å². The molecule has 0 saturated carbocycles. The van der Waals surface area contributed by atoms with Gasteiger partial charge in [0.2, 0.25) is 0 Å². The number of carbonyl (C=O) groups excluding carboxylic acids is 1. The number of nitrogens with one attached hydrogen (secondary N) is 1. The lowest BCUT2D eigenvalue weighted by Crippen LogP contribution is -2.25. The number of rotatable bonds is 4. The number of amides is 1. The van der Waals surface area contributed by atoms with Gasteiger partial charge in [-0.15, -0.1) is 6.58 Å². The average Bonchev–Trinajstić information content (AvgIpc) is 1.87. The van der Waals surface area contributed by atoms with Crippen molar-refractivity contribution >= 4 is 6.09 Å². The molecule has 0 spiro atoms. The van der Waals surface area contributed by atoms with Gasteiger partial charge in [-0.1, -0.05) is 5.57 Å². The van der Waals surface area contributed by atoms with E-state index in [4.69, 9.17) is 0 Å². The Morgan fingerprint density at radius 3 is 2.73 bits per heavy atom. The zero-order valence-electron chi connectivity index (χ0n) is 7.14. The summed E-state index contributed by atoms with van der Waals surface area (Å²) >= 11 is 0. The van der Waals surface area contributed by atoms with Crippen molar-refractivity contribution in [2.24, 2.45) is 0 Å². The number of alkyl carbamates (subject to hydrolysis) is 1. The maximum atomic E-state index is 10.7. The van der Waals surface area contributed by atoms with Crippen LogP contribution in [-0.4, -0.2) is 19.2 Å². The van der Waals surface area contributed by atoms with Gasteiger partial charge < -0.3 is 10.1 Å². The van der Waals surface area contributed by atoms with Crippen LogP contribution in [0.3, 0.4) is 0 Å². The van der Waals surface area contributed by atoms with Gasteiger partial charge in [-0.05, 0) is 20.3 Å². The van der Waals surface area contributed by atoms with E-state index in [-0.39, 0.29) is 6.09 Å². The molecule has 0 radical (unpaired) electrons. The van der Waals surface area contributed by atoms with Crippen LogP contribution in [-0.2, 0) is 4.74 Å². The first kappa shape index (κ1) is 10.0. The number of carbonyl (C=O) groups is 1. The Labute approximate surface area is 67.4 Å². The van der Waals surface area contributed by atoms with Crippen molar-refractivity contribution in [3.05, 3.63) is 12.2 Å². The molecule has 3 nitrogen and oxygen atoms in total. The van der Waals surface area contributed by atoms with Gasteiger partial charge in [0.1, 0.15) is 0 Å². The lowest BCUT2D eigenvalue weighted by Gasteiger charge is -2.03. The Morgan fingerprint density at radius 1 is 1.64 bits per heavy atom. The van der Waals surface area contributed by atoms with E-state index in [1.54, 1.807) is 6.92 Å². The van der Waals surface area contributed by atoms with Crippen molar-refractivity contribution in [2.75, 3.05) is 13.2 Å². The van der Waals surface area contributed by atoms with Gasteiger partial charge in [0.15, 0.2) is 0 Å². The van der Waals surface area contributed by atoms with Crippen LogP contribution >= 0.6 is 0 Å². The molecule has 0 aromatic carbocycles. The fourth-order valence-electron chi connectivity index (χ4n) is 0.560. The Bertz CT molecular complexity index is 143. The van der Waals surface area contributed by atoms with Crippen molar-refractivity contribution in [3.8, 4) is 0 Å². The highest BCUT2D eigenvalue weighted by Crippen LogP contribution is 1.91. The SMILES string of the molecule is C=C(C)CCNC(=O)OCC. The second-order valence-electron chi connectivity index (χ2n) is 2.35. The van der Waals surface area contributed by atoms with Crippen molar-refractivity contribution in [2.45, 2.75) is 20.3 Å². The van der Waals surface area contributed by atoms with E-state index in [2.05, 4.69) is 16.6 Å². The van der Waals surface area contributed by atoms with Crippen LogP contribution < -0.4 is 5.32 Å². The topological polar surface area (TPSA) is 38.3 Å². The van der Waals surface area contributed by atoms with Crippen LogP contribution in [0.2, 0.25) is 0 Å². The fourth-order valence-corrected chi connectivity index (χ4v) is 0.560. The summed E-state index contributed by atoms with van der Waals surface area (Å²) in [6.45, 7) is 8.43. The zero-order chi connectivity index (χ0) is 8.69. The van der Waals surface area contributed by atoms with Crippen LogP contribution in [0.15, 0.2) is 12.2 Å². The first-order valence-corrected chi connectivity index (χ1v) is 3.71. The van der Waals surface area contributed by atoms with E-state index < -0.39 is 0 Å². The Morgan fingerprint density at radius 2 is 2.27 bits per heavy atom. The molecule has 0 aliphatic heterocycles. The highest BCUT2D eigenvalue weighted by atomic mass is 16.5. The molecule has 1 amide bonds. The van der Waals surface area contributed by atoms with Gasteiger partial charge in [0.05, 0.1) is 6.61 Å². The minimum absolute atomic E-state index is 0.353. The molecule has 64 valence electrons. The zero-order valence-corrected chi connectivity index (χ0v) is 7.14. The summed E-state index contributed by atoms with van der Waals surface area (Å²) < 4.78 is 4.64. The van der Waals surface area contributed by atoms with E-state index in [0.29, 0.717) is 13.2 Å². The van der Waals surface area contributed by atoms with E-state index in [1.807, 2.05) is 6.92 Å². The molecule has 0 aromatic rings. The number of hydrogen-bond acceptors (Lipinski definition) is 2. The molecule has 0 saturated heterocycles. The summed E-state index contributed by atoms with van der Waals surface area (Å²) in [5.41, 5.74) is 1.06. The Balaban J connectivity index is 3.24. The van der Waals surface area contributed by atoms with Crippen LogP contribution in [0.5, 0.6) is 0 Å². The average molecular weight is 157 g/mol. The third-order valence-corrected chi connectivity index (χ3v) is 1.10. The first-order chi connectivity index (χ1) is 5.16. The van der Waals surface area contributed by atoms with Gasteiger partial charge in [-0.25, -0.2) is 4.79 Å². The maximum Gasteiger partial charge on any atom is 0.407 e. The molecule has 0 aromatic heterocycles. The third-order valence-electron chi connectivity index (χ3n) is 1.10. The molecule has 0 atom stereocenters. The largest absolute Gasteiger partial charge is 0.450 e. The van der Waals surface area contributed by atoms with E-state index in [0.717, 1.165) is 12.0 Å². The molecular weight excluding hydrogens is 142 g/mol. The Kier molecular flexibility index (Phi) is 5.25. The summed E-state index contributed by atoms with van der Waals surface area (Å²) in [4.78, 5) is 10.7. The molecular formula is C8H15NO2. The molecule has 0 bridgehead atoms. The molecule has 0 aliphatic carbocycles. The first-order valence-electron chi connectivity index (χ1n) is 3.71. The molecule has 0 fully saturated rings. The van der Waals surface area contributed by atoms with Gasteiger partial charge in [-0.3, -0.25) is 0 Å².